The summed E-state index contributed by atoms with van der Waals surface area (Å²) < 4.78 is 5.34. The molecule has 3 nitrogen and oxygen atoms in total. The number of nitrogens with one attached hydrogen (secondary N) is 1. The first-order valence-corrected chi connectivity index (χ1v) is 7.43. The summed E-state index contributed by atoms with van der Waals surface area (Å²) in [6.45, 7) is 10.3. The van der Waals surface area contributed by atoms with Gasteiger partial charge in [-0.05, 0) is 37.3 Å². The molecule has 1 rings (SSSR count). The third kappa shape index (κ3) is 5.33. The molecule has 0 bridgehead atoms. The average Bonchev–Trinajstić information content (AvgIpc) is 2.42. The van der Waals surface area contributed by atoms with Gasteiger partial charge < -0.3 is 10.1 Å². The molecule has 1 N–H and O–H groups in total. The van der Waals surface area contributed by atoms with E-state index in [0.29, 0.717) is 5.92 Å². The third-order valence-corrected chi connectivity index (χ3v) is 3.28. The molecule has 20 heavy (non-hydrogen) atoms. The zero-order valence-corrected chi connectivity index (χ0v) is 13.3. The SMILES string of the molecule is CCc1ccc(C(NC(=O)COC(C)C)C(C)C)cc1. The van der Waals surface area contributed by atoms with Crippen LogP contribution in [0.2, 0.25) is 0 Å². The Morgan fingerprint density at radius 3 is 2.20 bits per heavy atom. The fourth-order valence-corrected chi connectivity index (χ4v) is 2.05. The predicted molar refractivity (Wildman–Crippen MR) is 82.6 cm³/mol. The molecule has 3 heteroatoms. The summed E-state index contributed by atoms with van der Waals surface area (Å²) in [5.41, 5.74) is 2.46. The number of benzene rings is 1. The van der Waals surface area contributed by atoms with Gasteiger partial charge >= 0.3 is 0 Å². The van der Waals surface area contributed by atoms with E-state index < -0.39 is 0 Å². The van der Waals surface area contributed by atoms with E-state index in [9.17, 15) is 4.79 Å². The minimum Gasteiger partial charge on any atom is -0.369 e. The van der Waals surface area contributed by atoms with Gasteiger partial charge in [0.1, 0.15) is 6.61 Å². The molecule has 1 aromatic rings. The standard InChI is InChI=1S/C17H27NO2/c1-6-14-7-9-15(10-8-14)17(12(2)3)18-16(19)11-20-13(4)5/h7-10,12-13,17H,6,11H2,1-5H3,(H,18,19). The Bertz CT molecular complexity index is 410. The smallest absolute Gasteiger partial charge is 0.246 e. The van der Waals surface area contributed by atoms with Crippen LogP contribution >= 0.6 is 0 Å². The number of amides is 1. The third-order valence-electron chi connectivity index (χ3n) is 3.28. The van der Waals surface area contributed by atoms with Crippen molar-refractivity contribution in [3.63, 3.8) is 0 Å². The van der Waals surface area contributed by atoms with Crippen molar-refractivity contribution >= 4 is 5.91 Å². The fraction of sp³-hybridized carbons (Fsp3) is 0.588. The number of carbonyl (C=O) groups is 1. The molecular formula is C17H27NO2. The Kier molecular flexibility index (Phi) is 6.73. The van der Waals surface area contributed by atoms with Crippen LogP contribution in [0.1, 0.15) is 51.8 Å². The average molecular weight is 277 g/mol. The lowest BCUT2D eigenvalue weighted by Gasteiger charge is -2.23. The number of hydrogen-bond acceptors (Lipinski definition) is 2. The van der Waals surface area contributed by atoms with Crippen LogP contribution in [-0.4, -0.2) is 18.6 Å². The quantitative estimate of drug-likeness (QED) is 0.828. The molecule has 0 aliphatic rings. The number of ether oxygens (including phenoxy) is 1. The minimum absolute atomic E-state index is 0.0316. The Balaban J connectivity index is 2.70. The molecule has 1 aromatic carbocycles. The molecule has 0 heterocycles. The van der Waals surface area contributed by atoms with E-state index in [0.717, 1.165) is 12.0 Å². The molecule has 0 saturated carbocycles. The van der Waals surface area contributed by atoms with Crippen LogP contribution in [0.5, 0.6) is 0 Å². The molecule has 1 amide bonds. The van der Waals surface area contributed by atoms with E-state index >= 15 is 0 Å². The summed E-state index contributed by atoms with van der Waals surface area (Å²) in [7, 11) is 0. The number of aryl methyl sites for hydroxylation is 1. The van der Waals surface area contributed by atoms with Gasteiger partial charge in [0.25, 0.3) is 0 Å². The van der Waals surface area contributed by atoms with Crippen molar-refractivity contribution in [3.8, 4) is 0 Å². The largest absolute Gasteiger partial charge is 0.369 e. The Labute approximate surface area is 122 Å². The molecular weight excluding hydrogens is 250 g/mol. The highest BCUT2D eigenvalue weighted by Crippen LogP contribution is 2.22. The summed E-state index contributed by atoms with van der Waals surface area (Å²) in [5.74, 6) is 0.280. The van der Waals surface area contributed by atoms with Gasteiger partial charge in [-0.1, -0.05) is 45.0 Å². The summed E-state index contributed by atoms with van der Waals surface area (Å²) in [6, 6.07) is 8.49. The Hall–Kier alpha value is -1.35. The number of hydrogen-bond donors (Lipinski definition) is 1. The topological polar surface area (TPSA) is 38.3 Å². The van der Waals surface area contributed by atoms with Crippen LogP contribution < -0.4 is 5.32 Å². The van der Waals surface area contributed by atoms with Gasteiger partial charge in [-0.25, -0.2) is 0 Å². The second-order valence-electron chi connectivity index (χ2n) is 5.74. The lowest BCUT2D eigenvalue weighted by molar-refractivity contribution is -0.128. The van der Waals surface area contributed by atoms with Crippen LogP contribution in [0.25, 0.3) is 0 Å². The lowest BCUT2D eigenvalue weighted by Crippen LogP contribution is -2.35. The van der Waals surface area contributed by atoms with Crippen LogP contribution in [0, 0.1) is 5.92 Å². The molecule has 112 valence electrons. The van der Waals surface area contributed by atoms with Gasteiger partial charge in [-0.15, -0.1) is 0 Å². The second kappa shape index (κ2) is 8.05. The predicted octanol–water partition coefficient (Wildman–Crippen LogP) is 3.49. The first-order valence-electron chi connectivity index (χ1n) is 7.43. The van der Waals surface area contributed by atoms with Gasteiger partial charge in [-0.3, -0.25) is 4.79 Å². The highest BCUT2D eigenvalue weighted by molar-refractivity contribution is 5.77. The molecule has 0 spiro atoms. The first-order chi connectivity index (χ1) is 9.43. The van der Waals surface area contributed by atoms with Crippen molar-refractivity contribution in [3.05, 3.63) is 35.4 Å². The summed E-state index contributed by atoms with van der Waals surface area (Å²) in [5, 5.41) is 3.06. The van der Waals surface area contributed by atoms with Gasteiger partial charge in [0.15, 0.2) is 0 Å². The zero-order chi connectivity index (χ0) is 15.1. The maximum absolute atomic E-state index is 11.9. The van der Waals surface area contributed by atoms with E-state index in [4.69, 9.17) is 4.74 Å². The highest BCUT2D eigenvalue weighted by Gasteiger charge is 2.18. The highest BCUT2D eigenvalue weighted by atomic mass is 16.5. The van der Waals surface area contributed by atoms with Gasteiger partial charge in [-0.2, -0.15) is 0 Å². The number of rotatable bonds is 7. The lowest BCUT2D eigenvalue weighted by atomic mass is 9.95. The molecule has 0 aliphatic carbocycles. The van der Waals surface area contributed by atoms with Crippen molar-refractivity contribution in [1.29, 1.82) is 0 Å². The van der Waals surface area contributed by atoms with Crippen molar-refractivity contribution in [2.75, 3.05) is 6.61 Å². The van der Waals surface area contributed by atoms with Crippen LogP contribution in [-0.2, 0) is 16.0 Å². The van der Waals surface area contributed by atoms with Crippen LogP contribution in [0.15, 0.2) is 24.3 Å². The van der Waals surface area contributed by atoms with E-state index in [1.54, 1.807) is 0 Å². The van der Waals surface area contributed by atoms with E-state index in [2.05, 4.69) is 50.4 Å². The van der Waals surface area contributed by atoms with Gasteiger partial charge in [0.2, 0.25) is 5.91 Å². The van der Waals surface area contributed by atoms with Crippen molar-refractivity contribution in [2.45, 2.75) is 53.2 Å². The van der Waals surface area contributed by atoms with E-state index in [-0.39, 0.29) is 24.7 Å². The monoisotopic (exact) mass is 277 g/mol. The Morgan fingerprint density at radius 2 is 1.75 bits per heavy atom. The number of carbonyl (C=O) groups excluding carboxylic acids is 1. The molecule has 0 aromatic heterocycles. The van der Waals surface area contributed by atoms with Crippen LogP contribution in [0.4, 0.5) is 0 Å². The minimum atomic E-state index is -0.0584. The molecule has 0 aliphatic heterocycles. The zero-order valence-electron chi connectivity index (χ0n) is 13.3. The molecule has 0 saturated heterocycles. The van der Waals surface area contributed by atoms with E-state index in [1.807, 2.05) is 13.8 Å². The van der Waals surface area contributed by atoms with Crippen LogP contribution in [0.3, 0.4) is 0 Å². The maximum Gasteiger partial charge on any atom is 0.246 e. The molecule has 0 fully saturated rings. The summed E-state index contributed by atoms with van der Waals surface area (Å²) in [4.78, 5) is 11.9. The fourth-order valence-electron chi connectivity index (χ4n) is 2.05. The summed E-state index contributed by atoms with van der Waals surface area (Å²) >= 11 is 0. The van der Waals surface area contributed by atoms with Gasteiger partial charge in [0.05, 0.1) is 12.1 Å². The first kappa shape index (κ1) is 16.7. The van der Waals surface area contributed by atoms with E-state index in [1.165, 1.54) is 5.56 Å². The Morgan fingerprint density at radius 1 is 1.15 bits per heavy atom. The summed E-state index contributed by atoms with van der Waals surface area (Å²) in [6.07, 6.45) is 1.10. The maximum atomic E-state index is 11.9. The molecule has 1 atom stereocenters. The van der Waals surface area contributed by atoms with Crippen molar-refractivity contribution < 1.29 is 9.53 Å². The van der Waals surface area contributed by atoms with Crippen molar-refractivity contribution in [2.24, 2.45) is 5.92 Å². The molecule has 0 radical (unpaired) electrons. The van der Waals surface area contributed by atoms with Crippen molar-refractivity contribution in [1.82, 2.24) is 5.32 Å². The normalized spacial score (nSPS) is 12.8. The molecule has 1 unspecified atom stereocenters. The van der Waals surface area contributed by atoms with Gasteiger partial charge in [0, 0.05) is 0 Å². The second-order valence-corrected chi connectivity index (χ2v) is 5.74.